The van der Waals surface area contributed by atoms with E-state index in [9.17, 15) is 0 Å². The molecule has 1 aliphatic rings. The van der Waals surface area contributed by atoms with E-state index in [-0.39, 0.29) is 0 Å². The monoisotopic (exact) mass is 678 g/mol. The van der Waals surface area contributed by atoms with Gasteiger partial charge in [0.25, 0.3) is 0 Å². The van der Waals surface area contributed by atoms with E-state index >= 15 is 0 Å². The third-order valence-corrected chi connectivity index (χ3v) is 11.3. The van der Waals surface area contributed by atoms with Crippen molar-refractivity contribution in [1.29, 1.82) is 0 Å². The average molecular weight is 679 g/mol. The minimum Gasteiger partial charge on any atom is -0.477 e. The highest BCUT2D eigenvalue weighted by Crippen LogP contribution is 2.51. The molecule has 250 valence electrons. The molecular weight excluding hydrogens is 645 g/mol. The van der Waals surface area contributed by atoms with Crippen LogP contribution >= 0.6 is 0 Å². The molecule has 2 aromatic heterocycles. The summed E-state index contributed by atoms with van der Waals surface area (Å²) in [5.41, 5.74) is 13.4. The summed E-state index contributed by atoms with van der Waals surface area (Å²) in [6.07, 6.45) is 0. The third-order valence-electron chi connectivity index (χ3n) is 11.3. The molecule has 0 saturated carbocycles. The van der Waals surface area contributed by atoms with Crippen LogP contribution in [-0.2, 0) is 5.60 Å². The summed E-state index contributed by atoms with van der Waals surface area (Å²) in [7, 11) is 0. The van der Waals surface area contributed by atoms with Gasteiger partial charge in [0.05, 0.1) is 27.8 Å². The van der Waals surface area contributed by atoms with Crippen molar-refractivity contribution in [3.05, 3.63) is 199 Å². The molecule has 0 saturated heterocycles. The molecule has 0 spiro atoms. The predicted octanol–water partition coefficient (Wildman–Crippen LogP) is 12.9. The maximum Gasteiger partial charge on any atom is 0.157 e. The number of fused-ring (bicyclic) bond motifs is 9. The van der Waals surface area contributed by atoms with Crippen LogP contribution in [0.15, 0.2) is 188 Å². The van der Waals surface area contributed by atoms with Gasteiger partial charge < -0.3 is 13.9 Å². The highest BCUT2D eigenvalue weighted by atomic mass is 16.5. The lowest BCUT2D eigenvalue weighted by Gasteiger charge is -2.39. The fourth-order valence-electron chi connectivity index (χ4n) is 8.84. The molecule has 3 nitrogen and oxygen atoms in total. The molecule has 3 heteroatoms. The van der Waals surface area contributed by atoms with Gasteiger partial charge in [-0.1, -0.05) is 127 Å². The van der Waals surface area contributed by atoms with E-state index in [1.807, 2.05) is 0 Å². The molecule has 1 unspecified atom stereocenters. The largest absolute Gasteiger partial charge is 0.477 e. The van der Waals surface area contributed by atoms with Crippen molar-refractivity contribution in [3.63, 3.8) is 0 Å². The van der Waals surface area contributed by atoms with Gasteiger partial charge in [0.2, 0.25) is 0 Å². The summed E-state index contributed by atoms with van der Waals surface area (Å²) >= 11 is 0. The Balaban J connectivity index is 1.10. The van der Waals surface area contributed by atoms with Crippen molar-refractivity contribution >= 4 is 43.6 Å². The van der Waals surface area contributed by atoms with Gasteiger partial charge in [-0.3, -0.25) is 0 Å². The molecule has 0 radical (unpaired) electrons. The third kappa shape index (κ3) is 4.34. The zero-order chi connectivity index (χ0) is 35.1. The highest BCUT2D eigenvalue weighted by Gasteiger charge is 2.39. The lowest BCUT2D eigenvalue weighted by atomic mass is 9.80. The molecule has 1 aliphatic heterocycles. The van der Waals surface area contributed by atoms with Gasteiger partial charge in [0.1, 0.15) is 5.75 Å². The van der Waals surface area contributed by atoms with Crippen LogP contribution in [0, 0.1) is 0 Å². The standard InChI is InChI=1S/C50H34N2O/c1-50(35-15-4-2-5-16-35)42-22-11-8-21-39(42)49-47(25-14-26-48(49)53-50)52-44-24-13-10-20-38(44)41-32-34(28-30-46(41)52)33-27-29-45-40(31-33)37-19-9-12-23-43(37)51(45)36-17-6-3-7-18-36/h2-32H,1H3. The van der Waals surface area contributed by atoms with E-state index in [0.29, 0.717) is 0 Å². The Morgan fingerprint density at radius 1 is 0.434 bits per heavy atom. The second kappa shape index (κ2) is 11.3. The van der Waals surface area contributed by atoms with Gasteiger partial charge in [-0.05, 0) is 89.8 Å². The fourth-order valence-corrected chi connectivity index (χ4v) is 8.84. The summed E-state index contributed by atoms with van der Waals surface area (Å²) in [4.78, 5) is 0. The van der Waals surface area contributed by atoms with Crippen LogP contribution in [0.2, 0.25) is 0 Å². The fraction of sp³-hybridized carbons (Fsp3) is 0.0400. The SMILES string of the molecule is CC1(c2ccccc2)Oc2cccc(-n3c4ccccc4c4cc(-c5ccc6c(c5)c5ccccc5n6-c5ccccc5)ccc43)c2-c2ccccc21. The van der Waals surface area contributed by atoms with Crippen LogP contribution in [0.25, 0.3) is 77.2 Å². The lowest BCUT2D eigenvalue weighted by molar-refractivity contribution is 0.129. The first kappa shape index (κ1) is 29.8. The predicted molar refractivity (Wildman–Crippen MR) is 220 cm³/mol. The van der Waals surface area contributed by atoms with Gasteiger partial charge in [-0.15, -0.1) is 0 Å². The Hall–Kier alpha value is -6.84. The molecule has 10 aromatic rings. The van der Waals surface area contributed by atoms with Gasteiger partial charge in [-0.2, -0.15) is 0 Å². The van der Waals surface area contributed by atoms with E-state index in [4.69, 9.17) is 4.74 Å². The zero-order valence-corrected chi connectivity index (χ0v) is 29.2. The number of hydrogen-bond donors (Lipinski definition) is 0. The minimum atomic E-state index is -0.617. The molecule has 0 amide bonds. The van der Waals surface area contributed by atoms with Crippen molar-refractivity contribution in [2.24, 2.45) is 0 Å². The number of ether oxygens (including phenoxy) is 1. The van der Waals surface area contributed by atoms with Crippen LogP contribution in [0.1, 0.15) is 18.1 Å². The Morgan fingerprint density at radius 3 is 1.68 bits per heavy atom. The van der Waals surface area contributed by atoms with Crippen molar-refractivity contribution in [2.45, 2.75) is 12.5 Å². The smallest absolute Gasteiger partial charge is 0.157 e. The van der Waals surface area contributed by atoms with Crippen molar-refractivity contribution in [1.82, 2.24) is 9.13 Å². The minimum absolute atomic E-state index is 0.617. The highest BCUT2D eigenvalue weighted by molar-refractivity contribution is 6.13. The summed E-state index contributed by atoms with van der Waals surface area (Å²) in [5.74, 6) is 0.887. The van der Waals surface area contributed by atoms with Crippen LogP contribution in [0.5, 0.6) is 5.75 Å². The first-order chi connectivity index (χ1) is 26.2. The second-order valence-corrected chi connectivity index (χ2v) is 14.2. The normalized spacial score (nSPS) is 15.1. The Kier molecular flexibility index (Phi) is 6.38. The van der Waals surface area contributed by atoms with Gasteiger partial charge >= 0.3 is 0 Å². The molecule has 3 heterocycles. The van der Waals surface area contributed by atoms with E-state index in [2.05, 4.69) is 204 Å². The molecule has 0 fully saturated rings. The molecule has 8 aromatic carbocycles. The maximum atomic E-state index is 7.05. The Labute approximate surface area is 307 Å². The zero-order valence-electron chi connectivity index (χ0n) is 29.2. The quantitative estimate of drug-likeness (QED) is 0.181. The van der Waals surface area contributed by atoms with E-state index < -0.39 is 5.60 Å². The summed E-state index contributed by atoms with van der Waals surface area (Å²) in [6.45, 7) is 2.19. The van der Waals surface area contributed by atoms with E-state index in [1.165, 1.54) is 71.6 Å². The van der Waals surface area contributed by atoms with Gasteiger partial charge in [-0.25, -0.2) is 0 Å². The van der Waals surface area contributed by atoms with E-state index in [0.717, 1.165) is 22.6 Å². The second-order valence-electron chi connectivity index (χ2n) is 14.2. The summed E-state index contributed by atoms with van der Waals surface area (Å²) in [5, 5.41) is 4.96. The molecule has 0 bridgehead atoms. The molecule has 1 atom stereocenters. The Bertz CT molecular complexity index is 3040. The first-order valence-electron chi connectivity index (χ1n) is 18.3. The van der Waals surface area contributed by atoms with E-state index in [1.54, 1.807) is 0 Å². The number of aromatic nitrogens is 2. The number of nitrogens with zero attached hydrogens (tertiary/aromatic N) is 2. The molecule has 0 aliphatic carbocycles. The Morgan fingerprint density at radius 2 is 0.981 bits per heavy atom. The average Bonchev–Trinajstić information content (AvgIpc) is 3.73. The summed E-state index contributed by atoms with van der Waals surface area (Å²) in [6, 6.07) is 67.8. The molecule has 11 rings (SSSR count). The van der Waals surface area contributed by atoms with Crippen LogP contribution < -0.4 is 4.74 Å². The number of rotatable bonds is 4. The van der Waals surface area contributed by atoms with Crippen molar-refractivity contribution in [3.8, 4) is 39.4 Å². The topological polar surface area (TPSA) is 19.1 Å². The number of para-hydroxylation sites is 3. The van der Waals surface area contributed by atoms with Crippen LogP contribution in [0.4, 0.5) is 0 Å². The van der Waals surface area contributed by atoms with Gasteiger partial charge in [0, 0.05) is 38.4 Å². The molecule has 53 heavy (non-hydrogen) atoms. The molecular formula is C50H34N2O. The van der Waals surface area contributed by atoms with Crippen molar-refractivity contribution < 1.29 is 4.74 Å². The maximum absolute atomic E-state index is 7.05. The lowest BCUT2D eigenvalue weighted by Crippen LogP contribution is -2.34. The first-order valence-corrected chi connectivity index (χ1v) is 18.3. The van der Waals surface area contributed by atoms with Crippen molar-refractivity contribution in [2.75, 3.05) is 0 Å². The van der Waals surface area contributed by atoms with Crippen LogP contribution in [0.3, 0.4) is 0 Å². The number of benzene rings is 8. The van der Waals surface area contributed by atoms with Gasteiger partial charge in [0.15, 0.2) is 5.60 Å². The summed E-state index contributed by atoms with van der Waals surface area (Å²) < 4.78 is 11.8. The van der Waals surface area contributed by atoms with Crippen LogP contribution in [-0.4, -0.2) is 9.13 Å². The number of hydrogen-bond acceptors (Lipinski definition) is 1. The molecule has 0 N–H and O–H groups in total.